The molecule has 0 aliphatic heterocycles. The average molecular weight is 472 g/mol. The van der Waals surface area contributed by atoms with Crippen molar-refractivity contribution in [1.29, 1.82) is 0 Å². The number of hydrogen-bond acceptors (Lipinski definition) is 5. The molecule has 1 unspecified atom stereocenters. The molecule has 1 heterocycles. The molecule has 1 amide bonds. The molecule has 152 valence electrons. The summed E-state index contributed by atoms with van der Waals surface area (Å²) in [5, 5.41) is 13.2. The summed E-state index contributed by atoms with van der Waals surface area (Å²) in [6.07, 6.45) is -0.402. The minimum absolute atomic E-state index is 0.168. The smallest absolute Gasteiger partial charge is 0.234 e. The van der Waals surface area contributed by atoms with Crippen LogP contribution in [-0.2, 0) is 11.8 Å². The second-order valence-electron chi connectivity index (χ2n) is 6.08. The fourth-order valence-corrected chi connectivity index (χ4v) is 3.87. The Kier molecular flexibility index (Phi) is 7.29. The number of nitrogens with one attached hydrogen (secondary N) is 1. The Balaban J connectivity index is 1.60. The molecule has 3 rings (SSSR count). The summed E-state index contributed by atoms with van der Waals surface area (Å²) in [6, 6.07) is 12.0. The van der Waals surface area contributed by atoms with Gasteiger partial charge >= 0.3 is 0 Å². The number of ether oxygens (including phenoxy) is 1. The first-order valence-electron chi connectivity index (χ1n) is 8.52. The molecule has 0 radical (unpaired) electrons. The maximum Gasteiger partial charge on any atom is 0.234 e. The van der Waals surface area contributed by atoms with Crippen LogP contribution in [0, 0.1) is 0 Å². The van der Waals surface area contributed by atoms with E-state index in [1.807, 2.05) is 14.0 Å². The van der Waals surface area contributed by atoms with Crippen LogP contribution >= 0.6 is 46.6 Å². The number of benzene rings is 2. The number of halogens is 3. The van der Waals surface area contributed by atoms with Crippen molar-refractivity contribution >= 4 is 58.2 Å². The predicted octanol–water partition coefficient (Wildman–Crippen LogP) is 5.65. The summed E-state index contributed by atoms with van der Waals surface area (Å²) >= 11 is 19.3. The van der Waals surface area contributed by atoms with Crippen LogP contribution in [0.25, 0.3) is 0 Å². The Hall–Kier alpha value is -1.93. The molecule has 3 aromatic rings. The summed E-state index contributed by atoms with van der Waals surface area (Å²) < 4.78 is 7.66. The lowest BCUT2D eigenvalue weighted by atomic mass is 10.3. The van der Waals surface area contributed by atoms with Crippen LogP contribution in [0.15, 0.2) is 47.6 Å². The number of rotatable bonds is 7. The largest absolute Gasteiger partial charge is 0.481 e. The topological polar surface area (TPSA) is 69.0 Å². The number of carbonyl (C=O) groups excluding carboxylic acids is 1. The highest BCUT2D eigenvalue weighted by Gasteiger charge is 2.19. The molecule has 6 nitrogen and oxygen atoms in total. The zero-order chi connectivity index (χ0) is 21.0. The van der Waals surface area contributed by atoms with E-state index in [-0.39, 0.29) is 11.7 Å². The molecule has 10 heteroatoms. The van der Waals surface area contributed by atoms with Crippen molar-refractivity contribution in [1.82, 2.24) is 14.8 Å². The maximum atomic E-state index is 12.2. The molecule has 0 spiro atoms. The average Bonchev–Trinajstić information content (AvgIpc) is 3.03. The van der Waals surface area contributed by atoms with E-state index in [2.05, 4.69) is 15.5 Å². The first kappa shape index (κ1) is 21.8. The number of amides is 1. The molecule has 2 aromatic carbocycles. The molecule has 0 fully saturated rings. The molecule has 0 bridgehead atoms. The van der Waals surface area contributed by atoms with Crippen LogP contribution in [0.4, 0.5) is 5.69 Å². The van der Waals surface area contributed by atoms with E-state index in [1.165, 1.54) is 11.8 Å². The minimum atomic E-state index is -0.402. The fraction of sp³-hybridized carbons (Fsp3) is 0.211. The van der Waals surface area contributed by atoms with Crippen LogP contribution in [0.3, 0.4) is 0 Å². The summed E-state index contributed by atoms with van der Waals surface area (Å²) in [7, 11) is 1.82. The first-order valence-corrected chi connectivity index (χ1v) is 10.6. The lowest BCUT2D eigenvalue weighted by molar-refractivity contribution is -0.113. The molecular weight excluding hydrogens is 455 g/mol. The zero-order valence-corrected chi connectivity index (χ0v) is 18.6. The minimum Gasteiger partial charge on any atom is -0.481 e. The van der Waals surface area contributed by atoms with Crippen LogP contribution in [0.2, 0.25) is 15.1 Å². The maximum absolute atomic E-state index is 12.2. The third-order valence-electron chi connectivity index (χ3n) is 3.87. The molecule has 0 aliphatic rings. The van der Waals surface area contributed by atoms with Gasteiger partial charge in [0, 0.05) is 22.8 Å². The Bertz CT molecular complexity index is 1030. The Morgan fingerprint density at radius 2 is 1.93 bits per heavy atom. The number of hydrogen-bond donors (Lipinski definition) is 1. The van der Waals surface area contributed by atoms with Gasteiger partial charge in [-0.05, 0) is 43.3 Å². The number of nitrogens with zero attached hydrogens (tertiary/aromatic N) is 3. The first-order chi connectivity index (χ1) is 13.8. The third kappa shape index (κ3) is 5.79. The van der Waals surface area contributed by atoms with Crippen molar-refractivity contribution in [3.63, 3.8) is 0 Å². The zero-order valence-electron chi connectivity index (χ0n) is 15.5. The van der Waals surface area contributed by atoms with Gasteiger partial charge in [0.2, 0.25) is 5.91 Å². The summed E-state index contributed by atoms with van der Waals surface area (Å²) in [5.74, 6) is 1.12. The SMILES string of the molecule is CC(Oc1ccc(Cl)cc1Cl)c1nnc(SCC(=O)Nc2cccc(Cl)c2)n1C. The van der Waals surface area contributed by atoms with Gasteiger partial charge in [0.25, 0.3) is 0 Å². The molecule has 1 aromatic heterocycles. The highest BCUT2D eigenvalue weighted by molar-refractivity contribution is 7.99. The monoisotopic (exact) mass is 470 g/mol. The number of thioether (sulfide) groups is 1. The quantitative estimate of drug-likeness (QED) is 0.451. The van der Waals surface area contributed by atoms with Crippen LogP contribution in [0.5, 0.6) is 5.75 Å². The molecule has 0 saturated carbocycles. The predicted molar refractivity (Wildman–Crippen MR) is 117 cm³/mol. The molecule has 29 heavy (non-hydrogen) atoms. The van der Waals surface area contributed by atoms with Gasteiger partial charge in [-0.15, -0.1) is 10.2 Å². The fourth-order valence-electron chi connectivity index (χ4n) is 2.51. The Morgan fingerprint density at radius 3 is 2.66 bits per heavy atom. The van der Waals surface area contributed by atoms with Crippen LogP contribution in [-0.4, -0.2) is 26.4 Å². The number of aromatic nitrogens is 3. The lowest BCUT2D eigenvalue weighted by Gasteiger charge is -2.15. The van der Waals surface area contributed by atoms with Crippen molar-refractivity contribution in [3.05, 3.63) is 63.4 Å². The summed E-state index contributed by atoms with van der Waals surface area (Å²) in [6.45, 7) is 1.84. The Morgan fingerprint density at radius 1 is 1.17 bits per heavy atom. The second kappa shape index (κ2) is 9.71. The summed E-state index contributed by atoms with van der Waals surface area (Å²) in [4.78, 5) is 12.2. The van der Waals surface area contributed by atoms with Gasteiger partial charge in [0.05, 0.1) is 10.8 Å². The van der Waals surface area contributed by atoms with Crippen LogP contribution < -0.4 is 10.1 Å². The Labute approximate surface area is 187 Å². The van der Waals surface area contributed by atoms with E-state index in [0.717, 1.165) is 0 Å². The van der Waals surface area contributed by atoms with Gasteiger partial charge in [-0.1, -0.05) is 52.6 Å². The van der Waals surface area contributed by atoms with Gasteiger partial charge in [-0.25, -0.2) is 0 Å². The van der Waals surface area contributed by atoms with Crippen molar-refractivity contribution < 1.29 is 9.53 Å². The normalized spacial score (nSPS) is 11.9. The van der Waals surface area contributed by atoms with Crippen molar-refractivity contribution in [2.24, 2.45) is 7.05 Å². The molecular formula is C19H17Cl3N4O2S. The van der Waals surface area contributed by atoms with E-state index in [4.69, 9.17) is 39.5 Å². The molecule has 0 aliphatic carbocycles. The third-order valence-corrected chi connectivity index (χ3v) is 5.66. The van der Waals surface area contributed by atoms with Crippen LogP contribution in [0.1, 0.15) is 18.9 Å². The molecule has 1 N–H and O–H groups in total. The van der Waals surface area contributed by atoms with Gasteiger partial charge in [-0.2, -0.15) is 0 Å². The van der Waals surface area contributed by atoms with Crippen molar-refractivity contribution in [3.8, 4) is 5.75 Å². The van der Waals surface area contributed by atoms with Gasteiger partial charge < -0.3 is 14.6 Å². The second-order valence-corrected chi connectivity index (χ2v) is 8.30. The van der Waals surface area contributed by atoms with Gasteiger partial charge in [0.1, 0.15) is 5.75 Å². The standard InChI is InChI=1S/C19H17Cl3N4O2S/c1-11(28-16-7-6-13(21)9-15(16)22)18-24-25-19(26(18)2)29-10-17(27)23-14-5-3-4-12(20)8-14/h3-9,11H,10H2,1-2H3,(H,23,27). The van der Waals surface area contributed by atoms with E-state index in [1.54, 1.807) is 47.0 Å². The lowest BCUT2D eigenvalue weighted by Crippen LogP contribution is -2.14. The van der Waals surface area contributed by atoms with E-state index < -0.39 is 6.10 Å². The summed E-state index contributed by atoms with van der Waals surface area (Å²) in [5.41, 5.74) is 0.642. The molecule has 1 atom stereocenters. The van der Waals surface area contributed by atoms with E-state index in [9.17, 15) is 4.79 Å². The van der Waals surface area contributed by atoms with Crippen molar-refractivity contribution in [2.75, 3.05) is 11.1 Å². The van der Waals surface area contributed by atoms with Crippen molar-refractivity contribution in [2.45, 2.75) is 18.2 Å². The highest BCUT2D eigenvalue weighted by atomic mass is 35.5. The van der Waals surface area contributed by atoms with Gasteiger partial charge in [0.15, 0.2) is 17.1 Å². The highest BCUT2D eigenvalue weighted by Crippen LogP contribution is 2.31. The molecule has 0 saturated heterocycles. The van der Waals surface area contributed by atoms with Gasteiger partial charge in [-0.3, -0.25) is 4.79 Å². The number of anilines is 1. The van der Waals surface area contributed by atoms with E-state index in [0.29, 0.717) is 37.5 Å². The number of carbonyl (C=O) groups is 1. The van der Waals surface area contributed by atoms with E-state index >= 15 is 0 Å².